The third-order valence-corrected chi connectivity index (χ3v) is 5.75. The molecule has 1 aliphatic rings. The number of nitrogens with zero attached hydrogens (tertiary/aromatic N) is 1. The smallest absolute Gasteiger partial charge is 0.169 e. The number of hydrogen-bond donors (Lipinski definition) is 1. The van der Waals surface area contributed by atoms with Gasteiger partial charge in [0.25, 0.3) is 0 Å². The summed E-state index contributed by atoms with van der Waals surface area (Å²) in [5, 5.41) is -0.432. The van der Waals surface area contributed by atoms with E-state index in [0.29, 0.717) is 11.4 Å². The first-order valence-electron chi connectivity index (χ1n) is 5.79. The van der Waals surface area contributed by atoms with Gasteiger partial charge in [0.1, 0.15) is 5.37 Å². The molecule has 0 aliphatic carbocycles. The van der Waals surface area contributed by atoms with E-state index in [0.717, 1.165) is 23.5 Å². The fraction of sp³-hybridized carbons (Fsp3) is 0.500. The highest BCUT2D eigenvalue weighted by molar-refractivity contribution is 8.01. The SMILES string of the molecule is Cc1cc(N)ccc1N1CCSCC1S(C)(=O)=O. The summed E-state index contributed by atoms with van der Waals surface area (Å²) in [5.74, 6) is 1.58. The summed E-state index contributed by atoms with van der Waals surface area (Å²) in [7, 11) is -3.08. The van der Waals surface area contributed by atoms with Crippen LogP contribution in [0.5, 0.6) is 0 Å². The molecule has 100 valence electrons. The van der Waals surface area contributed by atoms with Gasteiger partial charge in [-0.05, 0) is 30.7 Å². The largest absolute Gasteiger partial charge is 0.399 e. The summed E-state index contributed by atoms with van der Waals surface area (Å²) in [5.41, 5.74) is 8.44. The second-order valence-corrected chi connectivity index (χ2v) is 7.95. The molecule has 1 fully saturated rings. The lowest BCUT2D eigenvalue weighted by molar-refractivity contribution is 0.584. The lowest BCUT2D eigenvalue weighted by Gasteiger charge is -2.36. The molecule has 1 aromatic rings. The van der Waals surface area contributed by atoms with Crippen LogP contribution in [0.2, 0.25) is 0 Å². The maximum atomic E-state index is 11.9. The van der Waals surface area contributed by atoms with E-state index in [-0.39, 0.29) is 0 Å². The zero-order chi connectivity index (χ0) is 13.3. The van der Waals surface area contributed by atoms with Gasteiger partial charge in [-0.3, -0.25) is 0 Å². The van der Waals surface area contributed by atoms with Crippen molar-refractivity contribution < 1.29 is 8.42 Å². The number of aryl methyl sites for hydroxylation is 1. The van der Waals surface area contributed by atoms with E-state index in [2.05, 4.69) is 0 Å². The van der Waals surface area contributed by atoms with Crippen molar-refractivity contribution in [2.24, 2.45) is 0 Å². The quantitative estimate of drug-likeness (QED) is 0.835. The number of hydrogen-bond acceptors (Lipinski definition) is 5. The molecule has 4 nitrogen and oxygen atoms in total. The molecule has 1 atom stereocenters. The van der Waals surface area contributed by atoms with E-state index in [9.17, 15) is 8.42 Å². The number of thioether (sulfide) groups is 1. The van der Waals surface area contributed by atoms with E-state index in [1.165, 1.54) is 6.26 Å². The molecule has 1 aliphatic heterocycles. The summed E-state index contributed by atoms with van der Waals surface area (Å²) in [6, 6.07) is 5.62. The van der Waals surface area contributed by atoms with Gasteiger partial charge in [-0.1, -0.05) is 0 Å². The van der Waals surface area contributed by atoms with Crippen LogP contribution in [0, 0.1) is 6.92 Å². The van der Waals surface area contributed by atoms with Crippen molar-refractivity contribution in [3.63, 3.8) is 0 Å². The molecule has 18 heavy (non-hydrogen) atoms. The number of rotatable bonds is 2. The maximum Gasteiger partial charge on any atom is 0.169 e. The predicted octanol–water partition coefficient (Wildman–Crippen LogP) is 1.50. The van der Waals surface area contributed by atoms with Crippen molar-refractivity contribution in [2.45, 2.75) is 12.3 Å². The van der Waals surface area contributed by atoms with Crippen LogP contribution in [0.3, 0.4) is 0 Å². The third-order valence-electron chi connectivity index (χ3n) is 3.11. The Hall–Kier alpha value is -0.880. The van der Waals surface area contributed by atoms with Gasteiger partial charge in [-0.2, -0.15) is 11.8 Å². The fourth-order valence-electron chi connectivity index (χ4n) is 2.21. The highest BCUT2D eigenvalue weighted by Crippen LogP contribution is 2.30. The molecule has 1 aromatic carbocycles. The summed E-state index contributed by atoms with van der Waals surface area (Å²) < 4.78 is 23.7. The summed E-state index contributed by atoms with van der Waals surface area (Å²) in [4.78, 5) is 1.99. The molecular formula is C12H18N2O2S2. The van der Waals surface area contributed by atoms with E-state index in [4.69, 9.17) is 5.73 Å². The van der Waals surface area contributed by atoms with Crippen molar-refractivity contribution in [3.05, 3.63) is 23.8 Å². The van der Waals surface area contributed by atoms with Crippen LogP contribution in [0.15, 0.2) is 18.2 Å². The Balaban J connectivity index is 2.40. The van der Waals surface area contributed by atoms with Crippen molar-refractivity contribution in [2.75, 3.05) is 34.9 Å². The molecule has 1 saturated heterocycles. The summed E-state index contributed by atoms with van der Waals surface area (Å²) >= 11 is 1.69. The van der Waals surface area contributed by atoms with Gasteiger partial charge in [0.2, 0.25) is 0 Å². The molecule has 0 amide bonds. The zero-order valence-corrected chi connectivity index (χ0v) is 12.2. The fourth-order valence-corrected chi connectivity index (χ4v) is 5.04. The summed E-state index contributed by atoms with van der Waals surface area (Å²) in [6.45, 7) is 2.72. The first-order chi connectivity index (χ1) is 8.39. The van der Waals surface area contributed by atoms with Gasteiger partial charge in [0.05, 0.1) is 0 Å². The Labute approximate surface area is 112 Å². The van der Waals surface area contributed by atoms with E-state index in [1.807, 2.05) is 30.0 Å². The molecule has 0 saturated carbocycles. The average Bonchev–Trinajstić information content (AvgIpc) is 2.28. The van der Waals surface area contributed by atoms with Crippen LogP contribution in [-0.4, -0.2) is 38.1 Å². The second-order valence-electron chi connectivity index (χ2n) is 4.60. The lowest BCUT2D eigenvalue weighted by atomic mass is 10.1. The zero-order valence-electron chi connectivity index (χ0n) is 10.6. The molecular weight excluding hydrogens is 268 g/mol. The molecule has 1 unspecified atom stereocenters. The number of nitrogens with two attached hydrogens (primary N) is 1. The normalized spacial score (nSPS) is 21.0. The minimum Gasteiger partial charge on any atom is -0.399 e. The van der Waals surface area contributed by atoms with Gasteiger partial charge < -0.3 is 10.6 Å². The Morgan fingerprint density at radius 3 is 2.78 bits per heavy atom. The predicted molar refractivity (Wildman–Crippen MR) is 78.9 cm³/mol. The van der Waals surface area contributed by atoms with Crippen LogP contribution in [-0.2, 0) is 9.84 Å². The molecule has 0 bridgehead atoms. The minimum absolute atomic E-state index is 0.432. The van der Waals surface area contributed by atoms with E-state index < -0.39 is 15.2 Å². The number of anilines is 2. The van der Waals surface area contributed by atoms with Crippen molar-refractivity contribution in [1.82, 2.24) is 0 Å². The molecule has 6 heteroatoms. The molecule has 1 heterocycles. The first kappa shape index (κ1) is 13.5. The van der Waals surface area contributed by atoms with Gasteiger partial charge in [0.15, 0.2) is 9.84 Å². The minimum atomic E-state index is -3.08. The van der Waals surface area contributed by atoms with Gasteiger partial charge in [0, 0.05) is 35.7 Å². The van der Waals surface area contributed by atoms with Gasteiger partial charge >= 0.3 is 0 Å². The van der Waals surface area contributed by atoms with Crippen LogP contribution >= 0.6 is 11.8 Å². The van der Waals surface area contributed by atoms with Crippen LogP contribution in [0.1, 0.15) is 5.56 Å². The summed E-state index contributed by atoms with van der Waals surface area (Å²) in [6.07, 6.45) is 1.31. The van der Waals surface area contributed by atoms with Crippen molar-refractivity contribution in [3.8, 4) is 0 Å². The maximum absolute atomic E-state index is 11.9. The average molecular weight is 286 g/mol. The highest BCUT2D eigenvalue weighted by Gasteiger charge is 2.31. The standard InChI is InChI=1S/C12H18N2O2S2/c1-9-7-10(13)3-4-11(9)14-5-6-17-8-12(14)18(2,15)16/h3-4,7,12H,5-6,8,13H2,1-2H3. The van der Waals surface area contributed by atoms with Gasteiger partial charge in [-0.25, -0.2) is 8.42 Å². The van der Waals surface area contributed by atoms with E-state index >= 15 is 0 Å². The van der Waals surface area contributed by atoms with Crippen molar-refractivity contribution >= 4 is 33.0 Å². The monoisotopic (exact) mass is 286 g/mol. The molecule has 0 radical (unpaired) electrons. The molecule has 2 rings (SSSR count). The Morgan fingerprint density at radius 2 is 2.17 bits per heavy atom. The van der Waals surface area contributed by atoms with Gasteiger partial charge in [-0.15, -0.1) is 0 Å². The van der Waals surface area contributed by atoms with Crippen molar-refractivity contribution in [1.29, 1.82) is 0 Å². The molecule has 2 N–H and O–H groups in total. The molecule has 0 aromatic heterocycles. The van der Waals surface area contributed by atoms with Crippen LogP contribution < -0.4 is 10.6 Å². The lowest BCUT2D eigenvalue weighted by Crippen LogP contribution is -2.47. The Kier molecular flexibility index (Phi) is 3.77. The third kappa shape index (κ3) is 2.75. The van der Waals surface area contributed by atoms with Crippen LogP contribution in [0.4, 0.5) is 11.4 Å². The Morgan fingerprint density at radius 1 is 1.44 bits per heavy atom. The number of nitrogen functional groups attached to an aromatic ring is 1. The van der Waals surface area contributed by atoms with Crippen LogP contribution in [0.25, 0.3) is 0 Å². The molecule has 0 spiro atoms. The first-order valence-corrected chi connectivity index (χ1v) is 8.90. The Bertz CT molecular complexity index is 543. The second kappa shape index (κ2) is 5.01. The highest BCUT2D eigenvalue weighted by atomic mass is 32.2. The van der Waals surface area contributed by atoms with E-state index in [1.54, 1.807) is 11.8 Å². The number of benzene rings is 1. The number of sulfone groups is 1. The topological polar surface area (TPSA) is 63.4 Å².